The van der Waals surface area contributed by atoms with Gasteiger partial charge < -0.3 is 10.6 Å². The monoisotopic (exact) mass is 295 g/mol. The topological polar surface area (TPSA) is 73.6 Å². The molecule has 0 fully saturated rings. The summed E-state index contributed by atoms with van der Waals surface area (Å²) in [6.07, 6.45) is 0. The Bertz CT molecular complexity index is 847. The van der Waals surface area contributed by atoms with E-state index in [1.807, 2.05) is 30.5 Å². The molecule has 0 radical (unpaired) electrons. The SMILES string of the molecule is CNc1nc(Nc2cc(C#N)ccc2C)c2ccsc2n1. The second-order valence-corrected chi connectivity index (χ2v) is 5.45. The number of nitriles is 1. The molecule has 0 aliphatic carbocycles. The lowest BCUT2D eigenvalue weighted by molar-refractivity contribution is 1.20. The molecule has 21 heavy (non-hydrogen) atoms. The molecule has 0 saturated heterocycles. The Hall–Kier alpha value is -2.65. The van der Waals surface area contributed by atoms with Crippen molar-refractivity contribution in [3.8, 4) is 6.07 Å². The first-order valence-electron chi connectivity index (χ1n) is 6.42. The smallest absolute Gasteiger partial charge is 0.225 e. The van der Waals surface area contributed by atoms with Crippen molar-refractivity contribution in [2.24, 2.45) is 0 Å². The van der Waals surface area contributed by atoms with E-state index in [4.69, 9.17) is 5.26 Å². The number of benzene rings is 1. The van der Waals surface area contributed by atoms with Crippen LogP contribution in [0, 0.1) is 18.3 Å². The van der Waals surface area contributed by atoms with Crippen molar-refractivity contribution >= 4 is 39.0 Å². The third-order valence-corrected chi connectivity index (χ3v) is 3.98. The van der Waals surface area contributed by atoms with Crippen LogP contribution in [0.15, 0.2) is 29.6 Å². The van der Waals surface area contributed by atoms with Gasteiger partial charge in [-0.25, -0.2) is 4.98 Å². The van der Waals surface area contributed by atoms with E-state index in [2.05, 4.69) is 26.7 Å². The van der Waals surface area contributed by atoms with Gasteiger partial charge in [0.1, 0.15) is 10.6 Å². The Morgan fingerprint density at radius 3 is 2.86 bits per heavy atom. The summed E-state index contributed by atoms with van der Waals surface area (Å²) < 4.78 is 0. The molecule has 0 aliphatic rings. The highest BCUT2D eigenvalue weighted by atomic mass is 32.1. The molecular weight excluding hydrogens is 282 g/mol. The van der Waals surface area contributed by atoms with Gasteiger partial charge in [-0.15, -0.1) is 11.3 Å². The van der Waals surface area contributed by atoms with Crippen LogP contribution in [0.25, 0.3) is 10.2 Å². The largest absolute Gasteiger partial charge is 0.357 e. The first-order valence-corrected chi connectivity index (χ1v) is 7.30. The Labute approximate surface area is 126 Å². The van der Waals surface area contributed by atoms with Crippen molar-refractivity contribution in [1.82, 2.24) is 9.97 Å². The van der Waals surface area contributed by atoms with Crippen LogP contribution in [-0.4, -0.2) is 17.0 Å². The Balaban J connectivity index is 2.09. The summed E-state index contributed by atoms with van der Waals surface area (Å²) in [4.78, 5) is 9.81. The summed E-state index contributed by atoms with van der Waals surface area (Å²) in [7, 11) is 1.79. The van der Waals surface area contributed by atoms with Gasteiger partial charge in [0.05, 0.1) is 17.0 Å². The van der Waals surface area contributed by atoms with Gasteiger partial charge in [0.15, 0.2) is 0 Å². The molecular formula is C15H13N5S. The number of fused-ring (bicyclic) bond motifs is 1. The lowest BCUT2D eigenvalue weighted by atomic mass is 10.1. The number of hydrogen-bond acceptors (Lipinski definition) is 6. The van der Waals surface area contributed by atoms with Gasteiger partial charge in [-0.2, -0.15) is 10.2 Å². The number of nitrogens with zero attached hydrogens (tertiary/aromatic N) is 3. The highest BCUT2D eigenvalue weighted by molar-refractivity contribution is 7.16. The average Bonchev–Trinajstić information content (AvgIpc) is 2.98. The van der Waals surface area contributed by atoms with Gasteiger partial charge in [0.2, 0.25) is 5.95 Å². The van der Waals surface area contributed by atoms with Crippen molar-refractivity contribution in [3.63, 3.8) is 0 Å². The second-order valence-electron chi connectivity index (χ2n) is 4.55. The molecule has 0 unspecified atom stereocenters. The molecule has 3 aromatic rings. The van der Waals surface area contributed by atoms with Crippen LogP contribution < -0.4 is 10.6 Å². The van der Waals surface area contributed by atoms with E-state index in [1.54, 1.807) is 24.5 Å². The minimum absolute atomic E-state index is 0.571. The molecule has 0 bridgehead atoms. The van der Waals surface area contributed by atoms with Crippen LogP contribution in [0.1, 0.15) is 11.1 Å². The van der Waals surface area contributed by atoms with E-state index < -0.39 is 0 Å². The summed E-state index contributed by atoms with van der Waals surface area (Å²) in [6.45, 7) is 1.99. The maximum atomic E-state index is 9.03. The molecule has 2 aromatic heterocycles. The molecule has 0 saturated carbocycles. The van der Waals surface area contributed by atoms with E-state index in [9.17, 15) is 0 Å². The number of nitrogens with one attached hydrogen (secondary N) is 2. The number of hydrogen-bond donors (Lipinski definition) is 2. The van der Waals surface area contributed by atoms with E-state index in [-0.39, 0.29) is 0 Å². The third kappa shape index (κ3) is 2.51. The summed E-state index contributed by atoms with van der Waals surface area (Å²) in [6, 6.07) is 9.70. The summed E-state index contributed by atoms with van der Waals surface area (Å²) in [5.41, 5.74) is 2.55. The van der Waals surface area contributed by atoms with Crippen LogP contribution >= 0.6 is 11.3 Å². The lowest BCUT2D eigenvalue weighted by Crippen LogP contribution is -2.02. The molecule has 2 heterocycles. The zero-order valence-corrected chi connectivity index (χ0v) is 12.5. The Morgan fingerprint density at radius 1 is 1.24 bits per heavy atom. The molecule has 0 amide bonds. The fraction of sp³-hybridized carbons (Fsp3) is 0.133. The standard InChI is InChI=1S/C15H13N5S/c1-9-3-4-10(8-16)7-12(9)18-13-11-5-6-21-14(11)20-15(17-2)19-13/h3-7H,1-2H3,(H2,17,18,19,20). The van der Waals surface area contributed by atoms with E-state index in [1.165, 1.54) is 0 Å². The summed E-state index contributed by atoms with van der Waals surface area (Å²) >= 11 is 1.57. The van der Waals surface area contributed by atoms with Gasteiger partial charge >= 0.3 is 0 Å². The fourth-order valence-corrected chi connectivity index (χ4v) is 2.78. The minimum atomic E-state index is 0.571. The van der Waals surface area contributed by atoms with Gasteiger partial charge in [-0.05, 0) is 36.1 Å². The van der Waals surface area contributed by atoms with Crippen LogP contribution in [0.5, 0.6) is 0 Å². The second kappa shape index (κ2) is 5.38. The lowest BCUT2D eigenvalue weighted by Gasteiger charge is -2.11. The molecule has 3 rings (SSSR count). The molecule has 5 nitrogen and oxygen atoms in total. The third-order valence-electron chi connectivity index (χ3n) is 3.17. The number of anilines is 3. The van der Waals surface area contributed by atoms with Crippen molar-refractivity contribution in [3.05, 3.63) is 40.8 Å². The van der Waals surface area contributed by atoms with Crippen molar-refractivity contribution < 1.29 is 0 Å². The van der Waals surface area contributed by atoms with E-state index in [0.717, 1.165) is 27.3 Å². The van der Waals surface area contributed by atoms with Gasteiger partial charge in [-0.1, -0.05) is 6.07 Å². The number of thiophene rings is 1. The first-order chi connectivity index (χ1) is 10.2. The normalized spacial score (nSPS) is 10.3. The molecule has 1 aromatic carbocycles. The molecule has 6 heteroatoms. The van der Waals surface area contributed by atoms with Crippen molar-refractivity contribution in [1.29, 1.82) is 5.26 Å². The molecule has 0 atom stereocenters. The van der Waals surface area contributed by atoms with E-state index in [0.29, 0.717) is 11.5 Å². The van der Waals surface area contributed by atoms with Crippen molar-refractivity contribution in [2.75, 3.05) is 17.7 Å². The maximum Gasteiger partial charge on any atom is 0.225 e. The predicted octanol–water partition coefficient (Wildman–Crippen LogP) is 3.66. The molecule has 0 aliphatic heterocycles. The van der Waals surface area contributed by atoms with Crippen LogP contribution in [0.3, 0.4) is 0 Å². The summed E-state index contributed by atoms with van der Waals surface area (Å²) in [5, 5.41) is 18.3. The number of aromatic nitrogens is 2. The molecule has 0 spiro atoms. The van der Waals surface area contributed by atoms with Crippen LogP contribution in [0.2, 0.25) is 0 Å². The predicted molar refractivity (Wildman–Crippen MR) is 86.1 cm³/mol. The average molecular weight is 295 g/mol. The zero-order chi connectivity index (χ0) is 14.8. The molecule has 2 N–H and O–H groups in total. The van der Waals surface area contributed by atoms with Gasteiger partial charge in [0, 0.05) is 12.7 Å². The number of rotatable bonds is 3. The highest BCUT2D eigenvalue weighted by Gasteiger charge is 2.10. The molecule has 104 valence electrons. The highest BCUT2D eigenvalue weighted by Crippen LogP contribution is 2.29. The quantitative estimate of drug-likeness (QED) is 0.771. The van der Waals surface area contributed by atoms with Crippen LogP contribution in [0.4, 0.5) is 17.5 Å². The first kappa shape index (κ1) is 13.3. The maximum absolute atomic E-state index is 9.03. The Morgan fingerprint density at radius 2 is 2.10 bits per heavy atom. The van der Waals surface area contributed by atoms with Crippen molar-refractivity contribution in [2.45, 2.75) is 6.92 Å². The number of aryl methyl sites for hydroxylation is 1. The van der Waals surface area contributed by atoms with E-state index >= 15 is 0 Å². The van der Waals surface area contributed by atoms with Gasteiger partial charge in [-0.3, -0.25) is 0 Å². The zero-order valence-electron chi connectivity index (χ0n) is 11.6. The minimum Gasteiger partial charge on any atom is -0.357 e. The van der Waals surface area contributed by atoms with Gasteiger partial charge in [0.25, 0.3) is 0 Å². The van der Waals surface area contributed by atoms with Crippen LogP contribution in [-0.2, 0) is 0 Å². The summed E-state index contributed by atoms with van der Waals surface area (Å²) in [5.74, 6) is 1.31. The Kier molecular flexibility index (Phi) is 3.42. The fourth-order valence-electron chi connectivity index (χ4n) is 2.02.